The molecule has 2 rings (SSSR count). The molecule has 1 aromatic carbocycles. The van der Waals surface area contributed by atoms with E-state index in [-0.39, 0.29) is 0 Å². The van der Waals surface area contributed by atoms with E-state index in [1.165, 1.54) is 0 Å². The van der Waals surface area contributed by atoms with E-state index in [1.54, 1.807) is 25.1 Å². The summed E-state index contributed by atoms with van der Waals surface area (Å²) >= 11 is 1.66. The molecule has 5 heteroatoms. The molecule has 0 atom stereocenters. The van der Waals surface area contributed by atoms with Crippen molar-refractivity contribution >= 4 is 17.6 Å². The highest BCUT2D eigenvalue weighted by atomic mass is 32.2. The molecular weight excluding hydrogens is 224 g/mol. The summed E-state index contributed by atoms with van der Waals surface area (Å²) in [7, 11) is 1.63. The second-order valence-electron chi connectivity index (χ2n) is 3.17. The first-order valence-electron chi connectivity index (χ1n) is 4.69. The van der Waals surface area contributed by atoms with Crippen molar-refractivity contribution in [1.82, 2.24) is 5.16 Å². The fourth-order valence-corrected chi connectivity index (χ4v) is 1.90. The fraction of sp³-hybridized carbons (Fsp3) is 0.182. The van der Waals surface area contributed by atoms with Crippen LogP contribution in [-0.2, 0) is 0 Å². The van der Waals surface area contributed by atoms with E-state index in [1.807, 2.05) is 24.5 Å². The third kappa shape index (κ3) is 1.86. The van der Waals surface area contributed by atoms with Crippen molar-refractivity contribution in [2.24, 2.45) is 0 Å². The summed E-state index contributed by atoms with van der Waals surface area (Å²) in [5.74, 6) is 1.07. The van der Waals surface area contributed by atoms with E-state index < -0.39 is 0 Å². The second kappa shape index (κ2) is 4.49. The summed E-state index contributed by atoms with van der Waals surface area (Å²) in [6.45, 7) is 0. The molecule has 0 saturated heterocycles. The molecule has 0 aliphatic heterocycles. The highest BCUT2D eigenvalue weighted by Gasteiger charge is 2.12. The maximum atomic E-state index is 5.68. The number of aromatic nitrogens is 1. The molecule has 84 valence electrons. The van der Waals surface area contributed by atoms with Gasteiger partial charge in [-0.2, -0.15) is 0 Å². The Labute approximate surface area is 97.8 Å². The fourth-order valence-electron chi connectivity index (χ4n) is 1.47. The van der Waals surface area contributed by atoms with Gasteiger partial charge in [0.25, 0.3) is 0 Å². The van der Waals surface area contributed by atoms with Crippen LogP contribution in [0.1, 0.15) is 0 Å². The molecule has 0 unspecified atom stereocenters. The topological polar surface area (TPSA) is 61.3 Å². The van der Waals surface area contributed by atoms with Crippen molar-refractivity contribution in [2.45, 2.75) is 4.90 Å². The molecule has 1 aromatic heterocycles. The molecule has 0 bridgehead atoms. The Morgan fingerprint density at radius 1 is 1.38 bits per heavy atom. The number of hydrogen-bond acceptors (Lipinski definition) is 5. The SMILES string of the molecule is COc1cc(SC)ccc1-c1cnoc1N. The number of nitrogens with two attached hydrogens (primary N) is 1. The van der Waals surface area contributed by atoms with E-state index in [0.29, 0.717) is 5.88 Å². The predicted molar refractivity (Wildman–Crippen MR) is 64.7 cm³/mol. The summed E-state index contributed by atoms with van der Waals surface area (Å²) in [5, 5.41) is 3.66. The van der Waals surface area contributed by atoms with Gasteiger partial charge in [-0.15, -0.1) is 11.8 Å². The van der Waals surface area contributed by atoms with Gasteiger partial charge in [-0.25, -0.2) is 0 Å². The first-order chi connectivity index (χ1) is 7.76. The van der Waals surface area contributed by atoms with Gasteiger partial charge in [-0.05, 0) is 24.5 Å². The number of nitrogens with zero attached hydrogens (tertiary/aromatic N) is 1. The number of methoxy groups -OCH3 is 1. The molecule has 0 aliphatic rings. The van der Waals surface area contributed by atoms with Gasteiger partial charge in [0.1, 0.15) is 5.75 Å². The number of anilines is 1. The monoisotopic (exact) mass is 236 g/mol. The minimum atomic E-state index is 0.301. The number of thioether (sulfide) groups is 1. The molecule has 0 fully saturated rings. The van der Waals surface area contributed by atoms with E-state index in [2.05, 4.69) is 5.16 Å². The van der Waals surface area contributed by atoms with Crippen molar-refractivity contribution in [3.8, 4) is 16.9 Å². The van der Waals surface area contributed by atoms with Crippen LogP contribution in [0.15, 0.2) is 33.8 Å². The minimum absolute atomic E-state index is 0.301. The molecule has 16 heavy (non-hydrogen) atoms. The van der Waals surface area contributed by atoms with Crippen LogP contribution >= 0.6 is 11.8 Å². The summed E-state index contributed by atoms with van der Waals surface area (Å²) < 4.78 is 10.2. The van der Waals surface area contributed by atoms with Crippen LogP contribution in [-0.4, -0.2) is 18.5 Å². The largest absolute Gasteiger partial charge is 0.496 e. The predicted octanol–water partition coefficient (Wildman–Crippen LogP) is 2.65. The Hall–Kier alpha value is -1.62. The van der Waals surface area contributed by atoms with Gasteiger partial charge in [-0.1, -0.05) is 5.16 Å². The summed E-state index contributed by atoms with van der Waals surface area (Å²) in [6.07, 6.45) is 3.61. The lowest BCUT2D eigenvalue weighted by atomic mass is 10.1. The highest BCUT2D eigenvalue weighted by molar-refractivity contribution is 7.98. The molecule has 2 N–H and O–H groups in total. The first kappa shape index (κ1) is 10.9. The quantitative estimate of drug-likeness (QED) is 0.830. The van der Waals surface area contributed by atoms with Gasteiger partial charge in [0.15, 0.2) is 0 Å². The molecular formula is C11H12N2O2S. The van der Waals surface area contributed by atoms with Crippen molar-refractivity contribution in [1.29, 1.82) is 0 Å². The van der Waals surface area contributed by atoms with Crippen LogP contribution in [0.3, 0.4) is 0 Å². The zero-order valence-electron chi connectivity index (χ0n) is 9.06. The molecule has 1 heterocycles. The first-order valence-corrected chi connectivity index (χ1v) is 5.91. The lowest BCUT2D eigenvalue weighted by Crippen LogP contribution is -1.90. The number of nitrogen functional groups attached to an aromatic ring is 1. The van der Waals surface area contributed by atoms with Crippen LogP contribution in [0, 0.1) is 0 Å². The Kier molecular flexibility index (Phi) is 3.05. The normalized spacial score (nSPS) is 10.4. The van der Waals surface area contributed by atoms with Crippen LogP contribution in [0.5, 0.6) is 5.75 Å². The van der Waals surface area contributed by atoms with E-state index in [4.69, 9.17) is 15.0 Å². The van der Waals surface area contributed by atoms with Crippen molar-refractivity contribution in [3.05, 3.63) is 24.4 Å². The Balaban J connectivity index is 2.53. The third-order valence-corrected chi connectivity index (χ3v) is 3.02. The Morgan fingerprint density at radius 2 is 2.19 bits per heavy atom. The van der Waals surface area contributed by atoms with Crippen molar-refractivity contribution in [3.63, 3.8) is 0 Å². The summed E-state index contributed by atoms with van der Waals surface area (Å²) in [6, 6.07) is 5.93. The van der Waals surface area contributed by atoms with Crippen LogP contribution in [0.4, 0.5) is 5.88 Å². The van der Waals surface area contributed by atoms with Crippen molar-refractivity contribution in [2.75, 3.05) is 19.1 Å². The van der Waals surface area contributed by atoms with Gasteiger partial charge in [0.2, 0.25) is 5.88 Å². The van der Waals surface area contributed by atoms with Gasteiger partial charge < -0.3 is 15.0 Å². The molecule has 0 radical (unpaired) electrons. The lowest BCUT2D eigenvalue weighted by molar-refractivity contribution is 0.415. The van der Waals surface area contributed by atoms with Gasteiger partial charge >= 0.3 is 0 Å². The number of ether oxygens (including phenoxy) is 1. The summed E-state index contributed by atoms with van der Waals surface area (Å²) in [5.41, 5.74) is 7.32. The minimum Gasteiger partial charge on any atom is -0.496 e. The third-order valence-electron chi connectivity index (χ3n) is 2.30. The average molecular weight is 236 g/mol. The van der Waals surface area contributed by atoms with Gasteiger partial charge in [0, 0.05) is 10.5 Å². The molecule has 0 saturated carbocycles. The zero-order chi connectivity index (χ0) is 11.5. The molecule has 0 aliphatic carbocycles. The van der Waals surface area contributed by atoms with Crippen molar-refractivity contribution < 1.29 is 9.26 Å². The Bertz CT molecular complexity index is 496. The van der Waals surface area contributed by atoms with E-state index in [0.717, 1.165) is 21.8 Å². The van der Waals surface area contributed by atoms with Gasteiger partial charge in [-0.3, -0.25) is 0 Å². The molecule has 2 aromatic rings. The second-order valence-corrected chi connectivity index (χ2v) is 4.05. The molecule has 0 spiro atoms. The Morgan fingerprint density at radius 3 is 2.75 bits per heavy atom. The highest BCUT2D eigenvalue weighted by Crippen LogP contribution is 2.35. The maximum Gasteiger partial charge on any atom is 0.230 e. The standard InChI is InChI=1S/C11H12N2O2S/c1-14-10-5-7(16-2)3-4-8(10)9-6-13-15-11(9)12/h3-6H,12H2,1-2H3. The van der Waals surface area contributed by atoms with E-state index in [9.17, 15) is 0 Å². The van der Waals surface area contributed by atoms with E-state index >= 15 is 0 Å². The maximum absolute atomic E-state index is 5.68. The molecule has 4 nitrogen and oxygen atoms in total. The number of rotatable bonds is 3. The van der Waals surface area contributed by atoms with Crippen LogP contribution in [0.2, 0.25) is 0 Å². The molecule has 0 amide bonds. The van der Waals surface area contributed by atoms with Crippen LogP contribution < -0.4 is 10.5 Å². The summed E-state index contributed by atoms with van der Waals surface area (Å²) in [4.78, 5) is 1.13. The zero-order valence-corrected chi connectivity index (χ0v) is 9.88. The number of hydrogen-bond donors (Lipinski definition) is 1. The average Bonchev–Trinajstić information content (AvgIpc) is 2.74. The van der Waals surface area contributed by atoms with Gasteiger partial charge in [0.05, 0.1) is 18.9 Å². The lowest BCUT2D eigenvalue weighted by Gasteiger charge is -2.08. The number of benzene rings is 1. The van der Waals surface area contributed by atoms with Crippen LogP contribution in [0.25, 0.3) is 11.1 Å². The smallest absolute Gasteiger partial charge is 0.230 e.